The van der Waals surface area contributed by atoms with Gasteiger partial charge in [-0.2, -0.15) is 0 Å². The van der Waals surface area contributed by atoms with Crippen LogP contribution in [0.15, 0.2) is 78.9 Å². The van der Waals surface area contributed by atoms with Gasteiger partial charge in [0.2, 0.25) is 0 Å². The van der Waals surface area contributed by atoms with Crippen LogP contribution in [0, 0.1) is 6.92 Å². The van der Waals surface area contributed by atoms with Crippen LogP contribution in [0.1, 0.15) is 22.3 Å². The molecule has 0 saturated carbocycles. The highest BCUT2D eigenvalue weighted by molar-refractivity contribution is 5.85. The lowest BCUT2D eigenvalue weighted by molar-refractivity contribution is 0.306. The summed E-state index contributed by atoms with van der Waals surface area (Å²) in [6.45, 7) is 4.56. The molecule has 0 atom stereocenters. The van der Waals surface area contributed by atoms with Crippen LogP contribution < -0.4 is 10.1 Å². The van der Waals surface area contributed by atoms with Crippen molar-refractivity contribution >= 4 is 12.4 Å². The van der Waals surface area contributed by atoms with Crippen molar-refractivity contribution in [1.29, 1.82) is 0 Å². The van der Waals surface area contributed by atoms with Crippen LogP contribution in [0.25, 0.3) is 0 Å². The molecule has 0 aromatic heterocycles. The zero-order chi connectivity index (χ0) is 17.3. The Hall–Kier alpha value is -2.29. The molecule has 0 aliphatic heterocycles. The summed E-state index contributed by atoms with van der Waals surface area (Å²) >= 11 is 0. The normalized spacial score (nSPS) is 10.2. The van der Waals surface area contributed by atoms with Gasteiger partial charge in [-0.1, -0.05) is 72.3 Å². The molecule has 26 heavy (non-hydrogen) atoms. The van der Waals surface area contributed by atoms with E-state index in [-0.39, 0.29) is 12.4 Å². The average Bonchev–Trinajstić information content (AvgIpc) is 2.67. The largest absolute Gasteiger partial charge is 0.489 e. The third kappa shape index (κ3) is 6.55. The van der Waals surface area contributed by atoms with Gasteiger partial charge in [-0.25, -0.2) is 0 Å². The number of hydrogen-bond acceptors (Lipinski definition) is 2. The minimum atomic E-state index is 0. The molecule has 3 rings (SSSR count). The molecule has 0 aliphatic carbocycles. The molecule has 3 aromatic rings. The van der Waals surface area contributed by atoms with Crippen LogP contribution in [0.4, 0.5) is 0 Å². The second kappa shape index (κ2) is 10.6. The first-order chi connectivity index (χ1) is 12.3. The van der Waals surface area contributed by atoms with E-state index in [1.807, 2.05) is 12.1 Å². The Morgan fingerprint density at radius 1 is 0.731 bits per heavy atom. The van der Waals surface area contributed by atoms with E-state index in [2.05, 4.69) is 79.0 Å². The van der Waals surface area contributed by atoms with Crippen molar-refractivity contribution in [2.75, 3.05) is 6.54 Å². The fourth-order valence-corrected chi connectivity index (χ4v) is 2.66. The molecule has 1 N–H and O–H groups in total. The van der Waals surface area contributed by atoms with Crippen molar-refractivity contribution in [2.45, 2.75) is 26.5 Å². The molecule has 0 radical (unpaired) electrons. The van der Waals surface area contributed by atoms with Gasteiger partial charge in [0.1, 0.15) is 12.4 Å². The fraction of sp³-hybridized carbons (Fsp3) is 0.217. The quantitative estimate of drug-likeness (QED) is 0.543. The molecule has 0 bridgehead atoms. The number of benzene rings is 3. The van der Waals surface area contributed by atoms with Crippen LogP contribution in [0.5, 0.6) is 5.75 Å². The first-order valence-electron chi connectivity index (χ1n) is 8.81. The third-order valence-corrected chi connectivity index (χ3v) is 4.21. The molecule has 136 valence electrons. The number of ether oxygens (including phenoxy) is 1. The molecule has 0 amide bonds. The molecule has 0 aliphatic rings. The smallest absolute Gasteiger partial charge is 0.119 e. The minimum absolute atomic E-state index is 0. The van der Waals surface area contributed by atoms with E-state index in [9.17, 15) is 0 Å². The zero-order valence-electron chi connectivity index (χ0n) is 15.2. The van der Waals surface area contributed by atoms with Crippen LogP contribution >= 0.6 is 12.4 Å². The lowest BCUT2D eigenvalue weighted by atomic mass is 10.1. The number of rotatable bonds is 8. The first kappa shape index (κ1) is 20.0. The van der Waals surface area contributed by atoms with Gasteiger partial charge in [0.25, 0.3) is 0 Å². The minimum Gasteiger partial charge on any atom is -0.489 e. The van der Waals surface area contributed by atoms with Gasteiger partial charge in [0, 0.05) is 6.54 Å². The predicted octanol–water partition coefficient (Wildman–Crippen LogP) is 5.33. The third-order valence-electron chi connectivity index (χ3n) is 4.21. The van der Waals surface area contributed by atoms with Crippen LogP contribution in [0.2, 0.25) is 0 Å². The van der Waals surface area contributed by atoms with Gasteiger partial charge >= 0.3 is 0 Å². The monoisotopic (exact) mass is 367 g/mol. The number of aryl methyl sites for hydroxylation is 1. The summed E-state index contributed by atoms with van der Waals surface area (Å²) in [4.78, 5) is 0. The maximum Gasteiger partial charge on any atom is 0.119 e. The molecular weight excluding hydrogens is 342 g/mol. The Balaban J connectivity index is 0.00000243. The van der Waals surface area contributed by atoms with Gasteiger partial charge in [-0.3, -0.25) is 0 Å². The van der Waals surface area contributed by atoms with Crippen molar-refractivity contribution in [3.8, 4) is 5.75 Å². The summed E-state index contributed by atoms with van der Waals surface area (Å²) in [5.74, 6) is 0.911. The average molecular weight is 368 g/mol. The van der Waals surface area contributed by atoms with E-state index in [4.69, 9.17) is 4.74 Å². The number of hydrogen-bond donors (Lipinski definition) is 1. The highest BCUT2D eigenvalue weighted by atomic mass is 35.5. The van der Waals surface area contributed by atoms with E-state index in [1.165, 1.54) is 22.3 Å². The highest BCUT2D eigenvalue weighted by Gasteiger charge is 1.98. The molecule has 3 heteroatoms. The van der Waals surface area contributed by atoms with E-state index in [1.54, 1.807) is 0 Å². The summed E-state index contributed by atoms with van der Waals surface area (Å²) in [5.41, 5.74) is 5.11. The zero-order valence-corrected chi connectivity index (χ0v) is 16.0. The van der Waals surface area contributed by atoms with Crippen LogP contribution in [0.3, 0.4) is 0 Å². The summed E-state index contributed by atoms with van der Waals surface area (Å²) in [6, 6.07) is 27.4. The lowest BCUT2D eigenvalue weighted by Crippen LogP contribution is -2.16. The van der Waals surface area contributed by atoms with E-state index < -0.39 is 0 Å². The Kier molecular flexibility index (Phi) is 8.20. The van der Waals surface area contributed by atoms with Crippen molar-refractivity contribution in [1.82, 2.24) is 5.32 Å². The molecule has 0 fully saturated rings. The molecule has 0 heterocycles. The lowest BCUT2D eigenvalue weighted by Gasteiger charge is -2.09. The van der Waals surface area contributed by atoms with Crippen molar-refractivity contribution < 1.29 is 4.74 Å². The standard InChI is InChI=1S/C23H25NO.ClH/c1-19-7-9-22(10-8-19)18-25-23-13-11-21(12-14-23)17-24-16-15-20-5-3-2-4-6-20;/h2-14,24H,15-18H2,1H3;1H. The van der Waals surface area contributed by atoms with Gasteiger partial charge in [0.15, 0.2) is 0 Å². The Morgan fingerprint density at radius 2 is 1.38 bits per heavy atom. The second-order valence-electron chi connectivity index (χ2n) is 6.33. The molecule has 0 unspecified atom stereocenters. The summed E-state index contributed by atoms with van der Waals surface area (Å²) in [6.07, 6.45) is 1.05. The van der Waals surface area contributed by atoms with Crippen LogP contribution in [-0.4, -0.2) is 6.54 Å². The summed E-state index contributed by atoms with van der Waals surface area (Å²) in [7, 11) is 0. The summed E-state index contributed by atoms with van der Waals surface area (Å²) in [5, 5.41) is 3.49. The van der Waals surface area contributed by atoms with Gasteiger partial charge < -0.3 is 10.1 Å². The maximum absolute atomic E-state index is 5.85. The Morgan fingerprint density at radius 3 is 2.08 bits per heavy atom. The van der Waals surface area contributed by atoms with Crippen LogP contribution in [-0.2, 0) is 19.6 Å². The number of nitrogens with one attached hydrogen (secondary N) is 1. The maximum atomic E-state index is 5.85. The topological polar surface area (TPSA) is 21.3 Å². The van der Waals surface area contributed by atoms with Gasteiger partial charge in [0.05, 0.1) is 0 Å². The molecule has 3 aromatic carbocycles. The Bertz CT molecular complexity index is 754. The Labute approximate surface area is 162 Å². The van der Waals surface area contributed by atoms with Gasteiger partial charge in [-0.15, -0.1) is 12.4 Å². The molecule has 0 saturated heterocycles. The molecule has 2 nitrogen and oxygen atoms in total. The van der Waals surface area contributed by atoms with Crippen molar-refractivity contribution in [3.63, 3.8) is 0 Å². The highest BCUT2D eigenvalue weighted by Crippen LogP contribution is 2.14. The first-order valence-corrected chi connectivity index (χ1v) is 8.81. The SMILES string of the molecule is Cc1ccc(COc2ccc(CNCCc3ccccc3)cc2)cc1.Cl. The predicted molar refractivity (Wildman–Crippen MR) is 111 cm³/mol. The van der Waals surface area contributed by atoms with E-state index in [0.29, 0.717) is 6.61 Å². The van der Waals surface area contributed by atoms with Gasteiger partial charge in [-0.05, 0) is 48.7 Å². The van der Waals surface area contributed by atoms with Crippen molar-refractivity contribution in [3.05, 3.63) is 101 Å². The molecule has 0 spiro atoms. The number of halogens is 1. The summed E-state index contributed by atoms with van der Waals surface area (Å²) < 4.78 is 5.85. The van der Waals surface area contributed by atoms with Crippen molar-refractivity contribution in [2.24, 2.45) is 0 Å². The molecular formula is C23H26ClNO. The van der Waals surface area contributed by atoms with E-state index >= 15 is 0 Å². The fourth-order valence-electron chi connectivity index (χ4n) is 2.66. The van der Waals surface area contributed by atoms with E-state index in [0.717, 1.165) is 25.3 Å². The second-order valence-corrected chi connectivity index (χ2v) is 6.33.